The first kappa shape index (κ1) is 21.0. The summed E-state index contributed by atoms with van der Waals surface area (Å²) < 4.78 is 0. The number of rotatable bonds is 4. The predicted octanol–water partition coefficient (Wildman–Crippen LogP) is 3.14. The summed E-state index contributed by atoms with van der Waals surface area (Å²) in [5.41, 5.74) is 3.74. The molecule has 0 unspecified atom stereocenters. The highest BCUT2D eigenvalue weighted by atomic mass is 16.4. The minimum Gasteiger partial charge on any atom is -0.478 e. The second-order valence-electron chi connectivity index (χ2n) is 7.16. The standard InChI is InChI=1S/C12H12O4.C10H8O4/c13-11(14)9-5-6-10(12(15)16)8-4-2-1-3-7(8)9;11-9(12)7-3-4-8(10(13)14)6-2-1-5(6)7/h5-6H,1-4H2,(H,13,14)(H,15,16);3-4H,1-2H2,(H,11,12)(H,13,14). The average molecular weight is 412 g/mol. The summed E-state index contributed by atoms with van der Waals surface area (Å²) in [6, 6.07) is 5.53. The van der Waals surface area contributed by atoms with Crippen molar-refractivity contribution in [3.05, 3.63) is 68.8 Å². The number of hydrogen-bond acceptors (Lipinski definition) is 4. The van der Waals surface area contributed by atoms with Crippen LogP contribution in [-0.2, 0) is 25.7 Å². The van der Waals surface area contributed by atoms with Crippen LogP contribution in [0.3, 0.4) is 0 Å². The van der Waals surface area contributed by atoms with Crippen molar-refractivity contribution in [2.75, 3.05) is 0 Å². The molecule has 0 aliphatic heterocycles. The van der Waals surface area contributed by atoms with Gasteiger partial charge in [0.1, 0.15) is 0 Å². The van der Waals surface area contributed by atoms with E-state index in [9.17, 15) is 19.2 Å². The maximum atomic E-state index is 11.0. The zero-order valence-corrected chi connectivity index (χ0v) is 16.0. The van der Waals surface area contributed by atoms with Crippen molar-refractivity contribution in [3.63, 3.8) is 0 Å². The Balaban J connectivity index is 0.000000172. The highest BCUT2D eigenvalue weighted by molar-refractivity contribution is 5.96. The monoisotopic (exact) mass is 412 g/mol. The molecule has 156 valence electrons. The van der Waals surface area contributed by atoms with E-state index in [-0.39, 0.29) is 22.3 Å². The van der Waals surface area contributed by atoms with Gasteiger partial charge in [0.05, 0.1) is 22.3 Å². The van der Waals surface area contributed by atoms with E-state index in [1.807, 2.05) is 0 Å². The minimum atomic E-state index is -0.988. The summed E-state index contributed by atoms with van der Waals surface area (Å²) in [4.78, 5) is 43.5. The lowest BCUT2D eigenvalue weighted by Gasteiger charge is -2.22. The Morgan fingerprint density at radius 3 is 0.900 bits per heavy atom. The van der Waals surface area contributed by atoms with E-state index >= 15 is 0 Å². The summed E-state index contributed by atoms with van der Waals surface area (Å²) in [5.74, 6) is -3.93. The molecule has 0 spiro atoms. The highest BCUT2D eigenvalue weighted by Crippen LogP contribution is 2.30. The zero-order chi connectivity index (χ0) is 22.0. The number of benzene rings is 2. The molecule has 0 radical (unpaired) electrons. The fourth-order valence-corrected chi connectivity index (χ4v) is 4.01. The molecule has 0 aromatic heterocycles. The lowest BCUT2D eigenvalue weighted by Crippen LogP contribution is -2.19. The number of fused-ring (bicyclic) bond motifs is 2. The number of carboxylic acids is 4. The molecular weight excluding hydrogens is 392 g/mol. The van der Waals surface area contributed by atoms with Crippen LogP contribution in [0.5, 0.6) is 0 Å². The summed E-state index contributed by atoms with van der Waals surface area (Å²) in [5, 5.41) is 35.7. The molecule has 8 nitrogen and oxygen atoms in total. The first-order valence-corrected chi connectivity index (χ1v) is 9.45. The molecule has 4 N–H and O–H groups in total. The van der Waals surface area contributed by atoms with E-state index in [2.05, 4.69) is 0 Å². The van der Waals surface area contributed by atoms with E-state index < -0.39 is 23.9 Å². The van der Waals surface area contributed by atoms with Crippen molar-refractivity contribution in [3.8, 4) is 0 Å². The van der Waals surface area contributed by atoms with E-state index in [0.29, 0.717) is 47.9 Å². The molecule has 4 rings (SSSR count). The molecule has 2 aliphatic rings. The number of carboxylic acid groups (broad SMARTS) is 4. The van der Waals surface area contributed by atoms with Gasteiger partial charge in [-0.1, -0.05) is 0 Å². The summed E-state index contributed by atoms with van der Waals surface area (Å²) >= 11 is 0. The topological polar surface area (TPSA) is 149 Å². The first-order valence-electron chi connectivity index (χ1n) is 9.45. The lowest BCUT2D eigenvalue weighted by molar-refractivity contribution is 0.0677. The van der Waals surface area contributed by atoms with Crippen LogP contribution < -0.4 is 0 Å². The van der Waals surface area contributed by atoms with Crippen LogP contribution in [0.1, 0.15) is 76.5 Å². The molecule has 0 heterocycles. The molecule has 30 heavy (non-hydrogen) atoms. The third kappa shape index (κ3) is 3.89. The average Bonchev–Trinajstić information content (AvgIpc) is 2.67. The van der Waals surface area contributed by atoms with E-state index in [1.165, 1.54) is 24.3 Å². The van der Waals surface area contributed by atoms with Gasteiger partial charge in [0.25, 0.3) is 0 Å². The number of hydrogen-bond donors (Lipinski definition) is 4. The fraction of sp³-hybridized carbons (Fsp3) is 0.273. The van der Waals surface area contributed by atoms with Gasteiger partial charge in [0, 0.05) is 0 Å². The molecule has 2 aromatic carbocycles. The summed E-state index contributed by atoms with van der Waals surface area (Å²) in [6.45, 7) is 0. The normalized spacial score (nSPS) is 13.6. The van der Waals surface area contributed by atoms with Crippen molar-refractivity contribution in [1.82, 2.24) is 0 Å². The molecule has 0 saturated carbocycles. The molecule has 0 atom stereocenters. The van der Waals surface area contributed by atoms with Crippen LogP contribution in [0.25, 0.3) is 0 Å². The van der Waals surface area contributed by atoms with E-state index in [4.69, 9.17) is 20.4 Å². The molecule has 2 aliphatic carbocycles. The SMILES string of the molecule is O=C(O)c1ccc(C(=O)O)c2c1CC2.O=C(O)c1ccc(C(=O)O)c2c1CCCC2. The minimum absolute atomic E-state index is 0.233. The summed E-state index contributed by atoms with van der Waals surface area (Å²) in [6.07, 6.45) is 4.51. The Kier molecular flexibility index (Phi) is 5.86. The van der Waals surface area contributed by atoms with E-state index in [1.54, 1.807) is 0 Å². The molecule has 0 amide bonds. The number of carbonyl (C=O) groups is 4. The lowest BCUT2D eigenvalue weighted by atomic mass is 9.81. The number of aromatic carboxylic acids is 4. The van der Waals surface area contributed by atoms with Crippen LogP contribution in [0.15, 0.2) is 24.3 Å². The zero-order valence-electron chi connectivity index (χ0n) is 16.0. The molecule has 2 aromatic rings. The van der Waals surface area contributed by atoms with Crippen molar-refractivity contribution in [2.45, 2.75) is 38.5 Å². The van der Waals surface area contributed by atoms with Crippen LogP contribution >= 0.6 is 0 Å². The van der Waals surface area contributed by atoms with Gasteiger partial charge in [-0.3, -0.25) is 0 Å². The second kappa shape index (κ2) is 8.36. The Bertz CT molecular complexity index is 983. The molecule has 0 bridgehead atoms. The van der Waals surface area contributed by atoms with Gasteiger partial charge in [-0.15, -0.1) is 0 Å². The van der Waals surface area contributed by atoms with Crippen LogP contribution in [0.2, 0.25) is 0 Å². The van der Waals surface area contributed by atoms with Crippen molar-refractivity contribution >= 4 is 23.9 Å². The third-order valence-corrected chi connectivity index (χ3v) is 5.51. The van der Waals surface area contributed by atoms with Crippen LogP contribution in [0.4, 0.5) is 0 Å². The Morgan fingerprint density at radius 2 is 0.700 bits per heavy atom. The second-order valence-corrected chi connectivity index (χ2v) is 7.16. The highest BCUT2D eigenvalue weighted by Gasteiger charge is 2.26. The predicted molar refractivity (Wildman–Crippen MR) is 105 cm³/mol. The maximum Gasteiger partial charge on any atom is 0.335 e. The quantitative estimate of drug-likeness (QED) is 0.598. The Morgan fingerprint density at radius 1 is 0.467 bits per heavy atom. The first-order chi connectivity index (χ1) is 14.2. The van der Waals surface area contributed by atoms with Gasteiger partial charge < -0.3 is 20.4 Å². The Labute approximate surface area is 171 Å². The van der Waals surface area contributed by atoms with Crippen LogP contribution in [0, 0.1) is 0 Å². The smallest absolute Gasteiger partial charge is 0.335 e. The molecule has 0 fully saturated rings. The van der Waals surface area contributed by atoms with Gasteiger partial charge in [0.15, 0.2) is 0 Å². The van der Waals surface area contributed by atoms with Crippen molar-refractivity contribution in [2.24, 2.45) is 0 Å². The maximum absolute atomic E-state index is 11.0. The van der Waals surface area contributed by atoms with Gasteiger partial charge in [-0.25, -0.2) is 19.2 Å². The van der Waals surface area contributed by atoms with Crippen LogP contribution in [-0.4, -0.2) is 44.3 Å². The largest absolute Gasteiger partial charge is 0.478 e. The van der Waals surface area contributed by atoms with Crippen molar-refractivity contribution < 1.29 is 39.6 Å². The van der Waals surface area contributed by atoms with Crippen molar-refractivity contribution in [1.29, 1.82) is 0 Å². The van der Waals surface area contributed by atoms with Gasteiger partial charge in [-0.2, -0.15) is 0 Å². The van der Waals surface area contributed by atoms with Gasteiger partial charge in [-0.05, 0) is 85.0 Å². The van der Waals surface area contributed by atoms with Gasteiger partial charge >= 0.3 is 23.9 Å². The molecular formula is C22H20O8. The fourth-order valence-electron chi connectivity index (χ4n) is 4.01. The van der Waals surface area contributed by atoms with Gasteiger partial charge in [0.2, 0.25) is 0 Å². The van der Waals surface area contributed by atoms with E-state index in [0.717, 1.165) is 12.8 Å². The molecule has 0 saturated heterocycles. The summed E-state index contributed by atoms with van der Waals surface area (Å²) in [7, 11) is 0. The third-order valence-electron chi connectivity index (χ3n) is 5.51. The molecule has 8 heteroatoms. The Hall–Kier alpha value is -3.68.